The summed E-state index contributed by atoms with van der Waals surface area (Å²) >= 11 is 0. The number of esters is 1. The molecule has 0 spiro atoms. The Labute approximate surface area is 92.2 Å². The molecule has 0 aromatic carbocycles. The smallest absolute Gasteiger partial charge is 0.302 e. The average molecular weight is 214 g/mol. The number of carbonyl (C=O) groups excluding carboxylic acids is 2. The average Bonchev–Trinajstić information content (AvgIpc) is 1.99. The Morgan fingerprint density at radius 1 is 1.07 bits per heavy atom. The fraction of sp³-hybridized carbons (Fsp3) is 0.833. The molecular weight excluding hydrogens is 192 g/mol. The van der Waals surface area contributed by atoms with Crippen LogP contribution in [0.15, 0.2) is 0 Å². The van der Waals surface area contributed by atoms with Gasteiger partial charge in [0, 0.05) is 19.8 Å². The minimum Gasteiger partial charge on any atom is -0.462 e. The zero-order valence-corrected chi connectivity index (χ0v) is 10.4. The molecule has 0 aliphatic heterocycles. The van der Waals surface area contributed by atoms with E-state index in [2.05, 4.69) is 0 Å². The molecule has 0 N–H and O–H groups in total. The van der Waals surface area contributed by atoms with E-state index in [1.54, 1.807) is 0 Å². The van der Waals surface area contributed by atoms with Gasteiger partial charge < -0.3 is 4.74 Å². The lowest BCUT2D eigenvalue weighted by Gasteiger charge is -2.20. The normalized spacial score (nSPS) is 13.0. The van der Waals surface area contributed by atoms with Gasteiger partial charge in [-0.1, -0.05) is 27.7 Å². The number of hydrogen-bond acceptors (Lipinski definition) is 3. The summed E-state index contributed by atoms with van der Waals surface area (Å²) in [6.45, 7) is 9.30. The van der Waals surface area contributed by atoms with Gasteiger partial charge in [-0.2, -0.15) is 0 Å². The first-order chi connectivity index (χ1) is 6.82. The molecule has 3 heteroatoms. The first-order valence-corrected chi connectivity index (χ1v) is 5.51. The molecular formula is C12H22O3. The van der Waals surface area contributed by atoms with Gasteiger partial charge in [0.2, 0.25) is 0 Å². The minimum absolute atomic E-state index is 0.171. The molecule has 0 aliphatic carbocycles. The standard InChI is InChI=1S/C12H22O3/c1-8(2)6-11(14)7-12(9(3)4)15-10(5)13/h8-9,12H,6-7H2,1-5H3. The van der Waals surface area contributed by atoms with Gasteiger partial charge in [-0.25, -0.2) is 0 Å². The summed E-state index contributed by atoms with van der Waals surface area (Å²) in [7, 11) is 0. The molecule has 0 fully saturated rings. The summed E-state index contributed by atoms with van der Waals surface area (Å²) in [6, 6.07) is 0. The van der Waals surface area contributed by atoms with Gasteiger partial charge in [0.15, 0.2) is 0 Å². The molecule has 1 atom stereocenters. The summed E-state index contributed by atoms with van der Waals surface area (Å²) in [4.78, 5) is 22.4. The predicted octanol–water partition coefficient (Wildman–Crippen LogP) is 2.58. The molecule has 0 radical (unpaired) electrons. The zero-order valence-electron chi connectivity index (χ0n) is 10.4. The second-order valence-electron chi connectivity index (χ2n) is 4.73. The van der Waals surface area contributed by atoms with Crippen LogP contribution in [0.25, 0.3) is 0 Å². The second-order valence-corrected chi connectivity index (χ2v) is 4.73. The number of ketones is 1. The maximum absolute atomic E-state index is 11.6. The summed E-state index contributed by atoms with van der Waals surface area (Å²) in [6.07, 6.45) is 0.633. The minimum atomic E-state index is -0.314. The molecule has 0 saturated carbocycles. The maximum atomic E-state index is 11.6. The van der Waals surface area contributed by atoms with Crippen molar-refractivity contribution in [2.24, 2.45) is 11.8 Å². The monoisotopic (exact) mass is 214 g/mol. The van der Waals surface area contributed by atoms with E-state index in [-0.39, 0.29) is 23.8 Å². The van der Waals surface area contributed by atoms with Crippen LogP contribution in [0.3, 0.4) is 0 Å². The molecule has 0 amide bonds. The Bertz CT molecular complexity index is 219. The van der Waals surface area contributed by atoms with Gasteiger partial charge in [0.25, 0.3) is 0 Å². The number of carbonyl (C=O) groups is 2. The molecule has 0 aromatic rings. The van der Waals surface area contributed by atoms with Crippen molar-refractivity contribution in [2.45, 2.75) is 53.6 Å². The molecule has 0 aromatic heterocycles. The largest absolute Gasteiger partial charge is 0.462 e. The second kappa shape index (κ2) is 6.59. The van der Waals surface area contributed by atoms with Crippen molar-refractivity contribution in [1.29, 1.82) is 0 Å². The van der Waals surface area contributed by atoms with E-state index >= 15 is 0 Å². The van der Waals surface area contributed by atoms with Crippen molar-refractivity contribution in [3.8, 4) is 0 Å². The lowest BCUT2D eigenvalue weighted by molar-refractivity contribution is -0.150. The van der Waals surface area contributed by atoms with Crippen LogP contribution in [0.4, 0.5) is 0 Å². The molecule has 0 aliphatic rings. The van der Waals surface area contributed by atoms with E-state index in [4.69, 9.17) is 4.74 Å². The Balaban J connectivity index is 4.16. The number of Topliss-reactive ketones (excluding diaryl/α,β-unsaturated/α-hetero) is 1. The number of rotatable bonds is 6. The summed E-state index contributed by atoms with van der Waals surface area (Å²) < 4.78 is 5.10. The van der Waals surface area contributed by atoms with Gasteiger partial charge in [-0.05, 0) is 11.8 Å². The SMILES string of the molecule is CC(=O)OC(CC(=O)CC(C)C)C(C)C. The van der Waals surface area contributed by atoms with Crippen molar-refractivity contribution >= 4 is 11.8 Å². The molecule has 0 heterocycles. The molecule has 3 nitrogen and oxygen atoms in total. The number of hydrogen-bond donors (Lipinski definition) is 0. The zero-order chi connectivity index (χ0) is 12.0. The van der Waals surface area contributed by atoms with E-state index in [1.807, 2.05) is 27.7 Å². The lowest BCUT2D eigenvalue weighted by atomic mass is 9.97. The highest BCUT2D eigenvalue weighted by atomic mass is 16.5. The van der Waals surface area contributed by atoms with Gasteiger partial charge >= 0.3 is 5.97 Å². The Hall–Kier alpha value is -0.860. The topological polar surface area (TPSA) is 43.4 Å². The quantitative estimate of drug-likeness (QED) is 0.638. The summed E-state index contributed by atoms with van der Waals surface area (Å²) in [5.41, 5.74) is 0. The van der Waals surface area contributed by atoms with Gasteiger partial charge in [0.1, 0.15) is 11.9 Å². The van der Waals surface area contributed by atoms with Crippen molar-refractivity contribution < 1.29 is 14.3 Å². The lowest BCUT2D eigenvalue weighted by Crippen LogP contribution is -2.26. The summed E-state index contributed by atoms with van der Waals surface area (Å²) in [5.74, 6) is 0.406. The van der Waals surface area contributed by atoms with Crippen LogP contribution in [-0.2, 0) is 14.3 Å². The van der Waals surface area contributed by atoms with Crippen LogP contribution in [-0.4, -0.2) is 17.9 Å². The Morgan fingerprint density at radius 3 is 1.93 bits per heavy atom. The van der Waals surface area contributed by atoms with Gasteiger partial charge in [-0.15, -0.1) is 0 Å². The predicted molar refractivity (Wildman–Crippen MR) is 59.5 cm³/mol. The Kier molecular flexibility index (Phi) is 6.21. The first-order valence-electron chi connectivity index (χ1n) is 5.51. The van der Waals surface area contributed by atoms with Crippen molar-refractivity contribution in [1.82, 2.24) is 0 Å². The van der Waals surface area contributed by atoms with Gasteiger partial charge in [-0.3, -0.25) is 9.59 Å². The van der Waals surface area contributed by atoms with Crippen molar-refractivity contribution in [2.75, 3.05) is 0 Å². The fourth-order valence-corrected chi connectivity index (χ4v) is 1.39. The van der Waals surface area contributed by atoms with E-state index in [1.165, 1.54) is 6.92 Å². The third kappa shape index (κ3) is 7.11. The highest BCUT2D eigenvalue weighted by Gasteiger charge is 2.20. The molecule has 1 unspecified atom stereocenters. The fourth-order valence-electron chi connectivity index (χ4n) is 1.39. The van der Waals surface area contributed by atoms with E-state index in [0.29, 0.717) is 18.8 Å². The third-order valence-electron chi connectivity index (χ3n) is 2.13. The maximum Gasteiger partial charge on any atom is 0.302 e. The summed E-state index contributed by atoms with van der Waals surface area (Å²) in [5, 5.41) is 0. The van der Waals surface area contributed by atoms with Crippen LogP contribution in [0.2, 0.25) is 0 Å². The van der Waals surface area contributed by atoms with Crippen LogP contribution >= 0.6 is 0 Å². The van der Waals surface area contributed by atoms with Crippen LogP contribution in [0.5, 0.6) is 0 Å². The molecule has 0 rings (SSSR count). The number of ether oxygens (including phenoxy) is 1. The highest BCUT2D eigenvalue weighted by molar-refractivity contribution is 5.79. The van der Waals surface area contributed by atoms with Crippen LogP contribution < -0.4 is 0 Å². The van der Waals surface area contributed by atoms with E-state index < -0.39 is 0 Å². The highest BCUT2D eigenvalue weighted by Crippen LogP contribution is 2.14. The Morgan fingerprint density at radius 2 is 1.60 bits per heavy atom. The molecule has 0 saturated heterocycles. The first kappa shape index (κ1) is 14.1. The van der Waals surface area contributed by atoms with E-state index in [0.717, 1.165) is 0 Å². The molecule has 88 valence electrons. The van der Waals surface area contributed by atoms with Gasteiger partial charge in [0.05, 0.1) is 0 Å². The molecule has 0 bridgehead atoms. The van der Waals surface area contributed by atoms with Crippen molar-refractivity contribution in [3.63, 3.8) is 0 Å². The van der Waals surface area contributed by atoms with Crippen LogP contribution in [0, 0.1) is 11.8 Å². The van der Waals surface area contributed by atoms with E-state index in [9.17, 15) is 9.59 Å². The third-order valence-corrected chi connectivity index (χ3v) is 2.13. The molecule has 15 heavy (non-hydrogen) atoms. The van der Waals surface area contributed by atoms with Crippen molar-refractivity contribution in [3.05, 3.63) is 0 Å². The van der Waals surface area contributed by atoms with Crippen LogP contribution in [0.1, 0.15) is 47.5 Å².